The highest BCUT2D eigenvalue weighted by atomic mass is 19.4. The van der Waals surface area contributed by atoms with Crippen LogP contribution >= 0.6 is 0 Å². The summed E-state index contributed by atoms with van der Waals surface area (Å²) in [5.41, 5.74) is -1.35. The number of benzene rings is 3. The third kappa shape index (κ3) is 2.22. The highest BCUT2D eigenvalue weighted by molar-refractivity contribution is 6.08. The fraction of sp³-hybridized carbons (Fsp3) is 0.176. The Morgan fingerprint density at radius 1 is 0.542 bits per heavy atom. The van der Waals surface area contributed by atoms with E-state index >= 15 is 0 Å². The van der Waals surface area contributed by atoms with Crippen molar-refractivity contribution in [3.8, 4) is 0 Å². The van der Waals surface area contributed by atoms with Gasteiger partial charge in [0.15, 0.2) is 0 Å². The van der Waals surface area contributed by atoms with Crippen molar-refractivity contribution in [3.63, 3.8) is 0 Å². The lowest BCUT2D eigenvalue weighted by molar-refractivity contribution is -0.359. The van der Waals surface area contributed by atoms with E-state index in [-0.39, 0.29) is 10.8 Å². The van der Waals surface area contributed by atoms with Gasteiger partial charge in [-0.05, 0) is 21.5 Å². The lowest BCUT2D eigenvalue weighted by Gasteiger charge is -2.29. The van der Waals surface area contributed by atoms with E-state index in [1.54, 1.807) is 24.3 Å². The molecule has 0 bridgehead atoms. The van der Waals surface area contributed by atoms with E-state index in [1.807, 2.05) is 0 Å². The van der Waals surface area contributed by atoms with Crippen LogP contribution in [0.1, 0.15) is 5.56 Å². The maximum Gasteiger partial charge on any atom is 0.460 e. The third-order valence-electron chi connectivity index (χ3n) is 3.88. The first-order valence-electron chi connectivity index (χ1n) is 6.80. The van der Waals surface area contributed by atoms with Crippen LogP contribution in [0.5, 0.6) is 0 Å². The highest BCUT2D eigenvalue weighted by Gasteiger charge is 2.73. The molecule has 0 amide bonds. The summed E-state index contributed by atoms with van der Waals surface area (Å²) in [5, 5.41) is 0.990. The van der Waals surface area contributed by atoms with Crippen LogP contribution in [0.15, 0.2) is 54.6 Å². The molecule has 3 aromatic carbocycles. The molecule has 0 saturated heterocycles. The van der Waals surface area contributed by atoms with Gasteiger partial charge >= 0.3 is 18.0 Å². The Kier molecular flexibility index (Phi) is 3.51. The van der Waals surface area contributed by atoms with Crippen molar-refractivity contribution in [1.29, 1.82) is 0 Å². The zero-order valence-corrected chi connectivity index (χ0v) is 11.8. The van der Waals surface area contributed by atoms with Gasteiger partial charge < -0.3 is 0 Å². The van der Waals surface area contributed by atoms with Gasteiger partial charge in [0.05, 0.1) is 0 Å². The fourth-order valence-corrected chi connectivity index (χ4v) is 2.66. The average Bonchev–Trinajstić information content (AvgIpc) is 2.52. The van der Waals surface area contributed by atoms with E-state index in [4.69, 9.17) is 0 Å². The quantitative estimate of drug-likeness (QED) is 0.378. The monoisotopic (exact) mass is 346 g/mol. The van der Waals surface area contributed by atoms with Crippen LogP contribution in [0.4, 0.5) is 30.7 Å². The molecule has 3 aromatic rings. The maximum atomic E-state index is 14.1. The smallest absolute Gasteiger partial charge is 0.194 e. The molecule has 24 heavy (non-hydrogen) atoms. The SMILES string of the molecule is FC(F)(F)C(F)(F)C(F)(F)c1cccc2c1ccc1ccccc12. The van der Waals surface area contributed by atoms with E-state index in [2.05, 4.69) is 0 Å². The van der Waals surface area contributed by atoms with Gasteiger partial charge in [-0.25, -0.2) is 0 Å². The Hall–Kier alpha value is -2.31. The Bertz CT molecular complexity index is 910. The van der Waals surface area contributed by atoms with Crippen molar-refractivity contribution >= 4 is 21.5 Å². The molecular formula is C17H9F7. The van der Waals surface area contributed by atoms with E-state index < -0.39 is 23.6 Å². The highest BCUT2D eigenvalue weighted by Crippen LogP contribution is 2.53. The van der Waals surface area contributed by atoms with Gasteiger partial charge in [0.2, 0.25) is 0 Å². The van der Waals surface area contributed by atoms with Crippen molar-refractivity contribution in [3.05, 3.63) is 60.2 Å². The molecule has 0 heterocycles. The summed E-state index contributed by atoms with van der Waals surface area (Å²) < 4.78 is 92.2. The molecule has 0 aliphatic rings. The molecule has 126 valence electrons. The predicted octanol–water partition coefficient (Wildman–Crippen LogP) is 6.28. The van der Waals surface area contributed by atoms with Gasteiger partial charge in [-0.15, -0.1) is 0 Å². The van der Waals surface area contributed by atoms with Crippen molar-refractivity contribution in [2.24, 2.45) is 0 Å². The summed E-state index contributed by atoms with van der Waals surface area (Å²) in [4.78, 5) is 0. The molecule has 0 aliphatic heterocycles. The number of alkyl halides is 7. The topological polar surface area (TPSA) is 0 Å². The zero-order valence-electron chi connectivity index (χ0n) is 11.8. The molecule has 0 aliphatic carbocycles. The Morgan fingerprint density at radius 3 is 1.83 bits per heavy atom. The van der Waals surface area contributed by atoms with Gasteiger partial charge in [0.1, 0.15) is 0 Å². The Labute approximate surface area is 131 Å². The van der Waals surface area contributed by atoms with Crippen LogP contribution < -0.4 is 0 Å². The number of hydrogen-bond donors (Lipinski definition) is 0. The Balaban J connectivity index is 2.33. The first-order valence-corrected chi connectivity index (χ1v) is 6.80. The minimum Gasteiger partial charge on any atom is -0.194 e. The molecule has 0 aromatic heterocycles. The summed E-state index contributed by atoms with van der Waals surface area (Å²) >= 11 is 0. The second-order valence-electron chi connectivity index (χ2n) is 5.33. The number of fused-ring (bicyclic) bond motifs is 3. The zero-order chi connectivity index (χ0) is 17.8. The largest absolute Gasteiger partial charge is 0.460 e. The van der Waals surface area contributed by atoms with Gasteiger partial charge in [-0.3, -0.25) is 0 Å². The van der Waals surface area contributed by atoms with E-state index in [1.165, 1.54) is 12.1 Å². The van der Waals surface area contributed by atoms with Gasteiger partial charge in [0, 0.05) is 5.56 Å². The fourth-order valence-electron chi connectivity index (χ4n) is 2.66. The first-order chi connectivity index (χ1) is 11.1. The van der Waals surface area contributed by atoms with Crippen LogP contribution in [0.2, 0.25) is 0 Å². The van der Waals surface area contributed by atoms with E-state index in [0.717, 1.165) is 12.1 Å². The second kappa shape index (κ2) is 5.09. The summed E-state index contributed by atoms with van der Waals surface area (Å²) in [5.74, 6) is -11.6. The predicted molar refractivity (Wildman–Crippen MR) is 76.4 cm³/mol. The minimum absolute atomic E-state index is 0.184. The second-order valence-corrected chi connectivity index (χ2v) is 5.33. The molecule has 0 radical (unpaired) electrons. The molecule has 0 unspecified atom stereocenters. The molecule has 7 heteroatoms. The third-order valence-corrected chi connectivity index (χ3v) is 3.88. The van der Waals surface area contributed by atoms with Gasteiger partial charge in [0.25, 0.3) is 0 Å². The van der Waals surface area contributed by atoms with Gasteiger partial charge in [-0.2, -0.15) is 30.7 Å². The molecule has 0 spiro atoms. The summed E-state index contributed by atoms with van der Waals surface area (Å²) in [6, 6.07) is 12.2. The lowest BCUT2D eigenvalue weighted by Crippen LogP contribution is -2.50. The van der Waals surface area contributed by atoms with Crippen LogP contribution in [0, 0.1) is 0 Å². The van der Waals surface area contributed by atoms with E-state index in [9.17, 15) is 30.7 Å². The lowest BCUT2D eigenvalue weighted by atomic mass is 9.93. The van der Waals surface area contributed by atoms with E-state index in [0.29, 0.717) is 16.8 Å². The molecule has 0 N–H and O–H groups in total. The van der Waals surface area contributed by atoms with Crippen LogP contribution in [-0.2, 0) is 5.92 Å². The Morgan fingerprint density at radius 2 is 1.17 bits per heavy atom. The average molecular weight is 346 g/mol. The van der Waals surface area contributed by atoms with Crippen LogP contribution in [0.25, 0.3) is 21.5 Å². The molecule has 0 fully saturated rings. The summed E-state index contributed by atoms with van der Waals surface area (Å²) in [7, 11) is 0. The van der Waals surface area contributed by atoms with Crippen molar-refractivity contribution in [1.82, 2.24) is 0 Å². The normalized spacial score (nSPS) is 13.6. The molecule has 3 rings (SSSR count). The first kappa shape index (κ1) is 16.5. The molecule has 0 saturated carbocycles. The number of rotatable bonds is 2. The summed E-state index contributed by atoms with van der Waals surface area (Å²) in [6.45, 7) is 0. The number of hydrogen-bond acceptors (Lipinski definition) is 0. The minimum atomic E-state index is -6.37. The van der Waals surface area contributed by atoms with Crippen molar-refractivity contribution in [2.75, 3.05) is 0 Å². The van der Waals surface area contributed by atoms with Crippen molar-refractivity contribution < 1.29 is 30.7 Å². The van der Waals surface area contributed by atoms with Crippen LogP contribution in [-0.4, -0.2) is 12.1 Å². The molecular weight excluding hydrogens is 337 g/mol. The van der Waals surface area contributed by atoms with Gasteiger partial charge in [-0.1, -0.05) is 54.6 Å². The number of halogens is 7. The maximum absolute atomic E-state index is 14.1. The summed E-state index contributed by atoms with van der Waals surface area (Å²) in [6.07, 6.45) is -6.37. The molecule has 0 nitrogen and oxygen atoms in total. The van der Waals surface area contributed by atoms with Crippen molar-refractivity contribution in [2.45, 2.75) is 18.0 Å². The van der Waals surface area contributed by atoms with Crippen LogP contribution in [0.3, 0.4) is 0 Å². The standard InChI is InChI=1S/C17H9F7/c18-15(19,16(20,21)17(22,23)24)14-7-3-6-12-11-5-2-1-4-10(11)8-9-13(12)14/h1-9H. The molecule has 0 atom stereocenters.